The molecule has 1 fully saturated rings. The van der Waals surface area contributed by atoms with E-state index in [1.807, 2.05) is 0 Å². The Morgan fingerprint density at radius 2 is 1.14 bits per heavy atom. The molecule has 0 saturated carbocycles. The van der Waals surface area contributed by atoms with Crippen LogP contribution in [0.15, 0.2) is 24.3 Å². The minimum absolute atomic E-state index is 1.06. The quantitative estimate of drug-likeness (QED) is 0.565. The molecule has 0 bridgehead atoms. The second kappa shape index (κ2) is 8.56. The minimum atomic E-state index is -6.00. The highest BCUT2D eigenvalue weighted by atomic mass is 19.5. The van der Waals surface area contributed by atoms with Gasteiger partial charge < -0.3 is 22.2 Å². The summed E-state index contributed by atoms with van der Waals surface area (Å²) in [5.41, 5.74) is 11.3. The maximum absolute atomic E-state index is 9.75. The van der Waals surface area contributed by atoms with Crippen LogP contribution in [0.5, 0.6) is 0 Å². The maximum Gasteiger partial charge on any atom is 0.673 e. The summed E-state index contributed by atoms with van der Waals surface area (Å²) in [6, 6.07) is 9.26. The number of nitrogens with zero attached hydrogens (tertiary/aromatic N) is 1. The van der Waals surface area contributed by atoms with Crippen LogP contribution in [0.4, 0.5) is 28.6 Å². The van der Waals surface area contributed by atoms with E-state index in [-0.39, 0.29) is 0 Å². The lowest BCUT2D eigenvalue weighted by Crippen LogP contribution is -3.06. The Kier molecular flexibility index (Phi) is 6.81. The zero-order valence-corrected chi connectivity index (χ0v) is 17.5. The second-order valence-corrected chi connectivity index (χ2v) is 7.79. The van der Waals surface area contributed by atoms with Gasteiger partial charge in [-0.1, -0.05) is 35.4 Å². The van der Waals surface area contributed by atoms with Crippen LogP contribution in [-0.2, 0) is 0 Å². The van der Waals surface area contributed by atoms with Crippen molar-refractivity contribution in [2.75, 3.05) is 24.7 Å². The molecule has 0 aromatic heterocycles. The molecule has 1 unspecified atom stereocenters. The molecule has 7 heteroatoms. The van der Waals surface area contributed by atoms with Crippen LogP contribution in [0, 0.1) is 41.5 Å². The van der Waals surface area contributed by atoms with Crippen LogP contribution in [-0.4, -0.2) is 27.0 Å². The van der Waals surface area contributed by atoms with Crippen LogP contribution >= 0.6 is 0 Å². The molecule has 1 atom stereocenters. The van der Waals surface area contributed by atoms with E-state index < -0.39 is 7.25 Å². The maximum atomic E-state index is 9.75. The Morgan fingerprint density at radius 1 is 0.750 bits per heavy atom. The van der Waals surface area contributed by atoms with Gasteiger partial charge in [0, 0.05) is 16.8 Å². The monoisotopic (exact) mass is 396 g/mol. The number of hydrogen-bond acceptors (Lipinski definition) is 1. The normalized spacial score (nSPS) is 16.8. The Balaban J connectivity index is 0.000000500. The average Bonchev–Trinajstić information content (AvgIpc) is 2.92. The summed E-state index contributed by atoms with van der Waals surface area (Å²) in [6.45, 7) is 16.8. The molecule has 2 aromatic carbocycles. The van der Waals surface area contributed by atoms with E-state index in [0.717, 1.165) is 13.2 Å². The van der Waals surface area contributed by atoms with Gasteiger partial charge in [0.2, 0.25) is 0 Å². The highest BCUT2D eigenvalue weighted by Gasteiger charge is 2.29. The summed E-state index contributed by atoms with van der Waals surface area (Å²) in [7, 11) is -6.00. The predicted octanol–water partition coefficient (Wildman–Crippen LogP) is 4.83. The van der Waals surface area contributed by atoms with Crippen molar-refractivity contribution in [1.29, 1.82) is 0 Å². The van der Waals surface area contributed by atoms with E-state index in [0.29, 0.717) is 0 Å². The molecule has 0 amide bonds. The first-order chi connectivity index (χ1) is 12.9. The lowest BCUT2D eigenvalue weighted by atomic mass is 10.0. The Bertz CT molecular complexity index is 733. The molecule has 154 valence electrons. The first kappa shape index (κ1) is 22.3. The number of rotatable bonds is 2. The second-order valence-electron chi connectivity index (χ2n) is 7.79. The van der Waals surface area contributed by atoms with Gasteiger partial charge in [-0.05, 0) is 52.7 Å². The zero-order chi connectivity index (χ0) is 21.2. The highest BCUT2D eigenvalue weighted by Crippen LogP contribution is 2.27. The predicted molar refractivity (Wildman–Crippen MR) is 109 cm³/mol. The van der Waals surface area contributed by atoms with Gasteiger partial charge in [-0.3, -0.25) is 4.90 Å². The smallest absolute Gasteiger partial charge is 0.418 e. The molecule has 28 heavy (non-hydrogen) atoms. The number of aryl methyl sites for hydroxylation is 6. The van der Waals surface area contributed by atoms with Crippen molar-refractivity contribution in [3.63, 3.8) is 0 Å². The van der Waals surface area contributed by atoms with E-state index in [9.17, 15) is 17.3 Å². The SMILES string of the molecule is Cc1cc(C)c(N2CC[NH+](c3c(C)cc(C)cc3C)C2)c(C)c1.F[B-](F)(F)F. The summed E-state index contributed by atoms with van der Waals surface area (Å²) >= 11 is 0. The topological polar surface area (TPSA) is 7.68 Å². The van der Waals surface area contributed by atoms with Crippen LogP contribution in [0.25, 0.3) is 0 Å². The van der Waals surface area contributed by atoms with Crippen molar-refractivity contribution in [2.24, 2.45) is 0 Å². The molecule has 1 N–H and O–H groups in total. The molecule has 1 heterocycles. The zero-order valence-electron chi connectivity index (χ0n) is 17.5. The van der Waals surface area contributed by atoms with Gasteiger partial charge in [-0.2, -0.15) is 0 Å². The summed E-state index contributed by atoms with van der Waals surface area (Å²) in [5.74, 6) is 0. The summed E-state index contributed by atoms with van der Waals surface area (Å²) < 4.78 is 39.0. The molecule has 3 rings (SSSR count). The van der Waals surface area contributed by atoms with Crippen molar-refractivity contribution in [3.8, 4) is 0 Å². The molecule has 0 aliphatic carbocycles. The van der Waals surface area contributed by atoms with E-state index in [4.69, 9.17) is 0 Å². The van der Waals surface area contributed by atoms with Gasteiger partial charge in [-0.25, -0.2) is 0 Å². The fourth-order valence-corrected chi connectivity index (χ4v) is 4.46. The number of benzene rings is 2. The molecule has 1 aliphatic rings. The van der Waals surface area contributed by atoms with Gasteiger partial charge in [0.15, 0.2) is 6.67 Å². The summed E-state index contributed by atoms with van der Waals surface area (Å²) in [6.07, 6.45) is 0. The van der Waals surface area contributed by atoms with Crippen molar-refractivity contribution < 1.29 is 22.2 Å². The lowest BCUT2D eigenvalue weighted by molar-refractivity contribution is -0.817. The van der Waals surface area contributed by atoms with Gasteiger partial charge in [0.25, 0.3) is 0 Å². The molecule has 0 spiro atoms. The third-order valence-electron chi connectivity index (χ3n) is 5.05. The fourth-order valence-electron chi connectivity index (χ4n) is 4.46. The molecular weight excluding hydrogens is 367 g/mol. The van der Waals surface area contributed by atoms with E-state index in [1.165, 1.54) is 51.3 Å². The summed E-state index contributed by atoms with van der Waals surface area (Å²) in [4.78, 5) is 4.16. The third kappa shape index (κ3) is 5.74. The van der Waals surface area contributed by atoms with E-state index in [2.05, 4.69) is 70.7 Å². The molecule has 2 aromatic rings. The fraction of sp³-hybridized carbons (Fsp3) is 0.429. The molecule has 1 aliphatic heterocycles. The lowest BCUT2D eigenvalue weighted by Gasteiger charge is -2.23. The number of halogens is 4. The van der Waals surface area contributed by atoms with Crippen molar-refractivity contribution in [2.45, 2.75) is 41.5 Å². The largest absolute Gasteiger partial charge is 0.673 e. The van der Waals surface area contributed by atoms with Gasteiger partial charge >= 0.3 is 7.25 Å². The number of nitrogens with one attached hydrogen (secondary N) is 1. The Labute approximate surface area is 165 Å². The Morgan fingerprint density at radius 3 is 1.57 bits per heavy atom. The van der Waals surface area contributed by atoms with Gasteiger partial charge in [0.05, 0.1) is 6.54 Å². The number of quaternary nitrogens is 1. The Hall–Kier alpha value is -2.02. The first-order valence-electron chi connectivity index (χ1n) is 9.50. The van der Waals surface area contributed by atoms with E-state index in [1.54, 1.807) is 4.90 Å². The first-order valence-corrected chi connectivity index (χ1v) is 9.50. The van der Waals surface area contributed by atoms with Gasteiger partial charge in [0.1, 0.15) is 12.2 Å². The molecule has 0 radical (unpaired) electrons. The van der Waals surface area contributed by atoms with Gasteiger partial charge in [-0.15, -0.1) is 0 Å². The summed E-state index contributed by atoms with van der Waals surface area (Å²) in [5, 5.41) is 0. The van der Waals surface area contributed by atoms with Crippen molar-refractivity contribution in [1.82, 2.24) is 0 Å². The molecule has 2 nitrogen and oxygen atoms in total. The average molecular weight is 396 g/mol. The van der Waals surface area contributed by atoms with Crippen molar-refractivity contribution >= 4 is 18.6 Å². The van der Waals surface area contributed by atoms with Crippen LogP contribution in [0.3, 0.4) is 0 Å². The third-order valence-corrected chi connectivity index (χ3v) is 5.05. The van der Waals surface area contributed by atoms with Crippen LogP contribution < -0.4 is 9.80 Å². The van der Waals surface area contributed by atoms with Crippen LogP contribution in [0.2, 0.25) is 0 Å². The number of hydrogen-bond donors (Lipinski definition) is 1. The minimum Gasteiger partial charge on any atom is -0.418 e. The molecule has 1 saturated heterocycles. The number of anilines is 1. The standard InChI is InChI=1S/C21H28N2.BF4/c1-14-9-16(3)20(17(4)10-14)22-7-8-23(13-22)21-18(5)11-15(2)12-19(21)6;2-1(3,4)5/h9-12H,7-8,13H2,1-6H3;/q;-1/p+1. The molecular formula is C21H29BF4N2. The van der Waals surface area contributed by atoms with Crippen molar-refractivity contribution in [3.05, 3.63) is 57.6 Å². The van der Waals surface area contributed by atoms with Crippen LogP contribution in [0.1, 0.15) is 33.4 Å². The van der Waals surface area contributed by atoms with E-state index >= 15 is 0 Å². The highest BCUT2D eigenvalue weighted by molar-refractivity contribution is 6.50.